The summed E-state index contributed by atoms with van der Waals surface area (Å²) in [6, 6.07) is 11.2. The molecule has 0 saturated carbocycles. The highest BCUT2D eigenvalue weighted by atomic mass is 32.2. The van der Waals surface area contributed by atoms with Crippen molar-refractivity contribution in [2.75, 3.05) is 26.0 Å². The number of benzene rings is 2. The van der Waals surface area contributed by atoms with Gasteiger partial charge in [0.1, 0.15) is 10.6 Å². The van der Waals surface area contributed by atoms with E-state index in [1.165, 1.54) is 38.4 Å². The summed E-state index contributed by atoms with van der Waals surface area (Å²) in [6.45, 7) is -0.245. The van der Waals surface area contributed by atoms with E-state index < -0.39 is 21.8 Å². The van der Waals surface area contributed by atoms with Crippen molar-refractivity contribution in [3.8, 4) is 18.1 Å². The highest BCUT2D eigenvalue weighted by Gasteiger charge is 2.17. The van der Waals surface area contributed by atoms with Crippen LogP contribution in [0.3, 0.4) is 0 Å². The number of carbonyl (C=O) groups excluding carboxylic acids is 2. The van der Waals surface area contributed by atoms with Crippen molar-refractivity contribution in [2.45, 2.75) is 4.90 Å². The van der Waals surface area contributed by atoms with Crippen molar-refractivity contribution >= 4 is 33.6 Å². The van der Waals surface area contributed by atoms with E-state index in [1.807, 2.05) is 0 Å². The Morgan fingerprint density at radius 1 is 1.20 bits per heavy atom. The zero-order valence-electron chi connectivity index (χ0n) is 16.4. The first-order chi connectivity index (χ1) is 14.3. The number of hydrogen-bond donors (Lipinski definition) is 3. The molecule has 0 unspecified atom stereocenters. The molecule has 0 fully saturated rings. The van der Waals surface area contributed by atoms with Crippen LogP contribution < -0.4 is 20.1 Å². The fourth-order valence-corrected chi connectivity index (χ4v) is 3.33. The van der Waals surface area contributed by atoms with Gasteiger partial charge in [-0.05, 0) is 49.0 Å². The van der Waals surface area contributed by atoms with Gasteiger partial charge in [-0.15, -0.1) is 6.42 Å². The summed E-state index contributed by atoms with van der Waals surface area (Å²) in [6.07, 6.45) is 7.94. The molecule has 2 rings (SSSR count). The molecule has 0 aliphatic heterocycles. The highest BCUT2D eigenvalue weighted by molar-refractivity contribution is 7.89. The van der Waals surface area contributed by atoms with Crippen LogP contribution in [0.15, 0.2) is 53.4 Å². The van der Waals surface area contributed by atoms with E-state index >= 15 is 0 Å². The van der Waals surface area contributed by atoms with Crippen LogP contribution in [-0.2, 0) is 19.6 Å². The highest BCUT2D eigenvalue weighted by Crippen LogP contribution is 2.25. The molecule has 0 aliphatic carbocycles. The summed E-state index contributed by atoms with van der Waals surface area (Å²) in [7, 11) is -1.08. The average molecular weight is 427 g/mol. The van der Waals surface area contributed by atoms with Crippen molar-refractivity contribution in [2.24, 2.45) is 0 Å². The molecule has 0 heterocycles. The van der Waals surface area contributed by atoms with E-state index in [-0.39, 0.29) is 17.2 Å². The van der Waals surface area contributed by atoms with Gasteiger partial charge in [0.15, 0.2) is 0 Å². The zero-order valence-corrected chi connectivity index (χ0v) is 17.2. The number of hydrogen-bond acceptors (Lipinski definition) is 5. The van der Waals surface area contributed by atoms with Crippen LogP contribution in [0.5, 0.6) is 5.75 Å². The van der Waals surface area contributed by atoms with Crippen LogP contribution in [0.25, 0.3) is 6.08 Å². The first-order valence-electron chi connectivity index (χ1n) is 8.73. The largest absolute Gasteiger partial charge is 0.495 e. The third-order valence-electron chi connectivity index (χ3n) is 3.91. The Morgan fingerprint density at radius 3 is 2.63 bits per heavy atom. The van der Waals surface area contributed by atoms with Crippen molar-refractivity contribution in [3.05, 3.63) is 59.7 Å². The molecule has 9 heteroatoms. The Labute approximate surface area is 175 Å². The second kappa shape index (κ2) is 10.2. The molecule has 0 bridgehead atoms. The SMILES string of the molecule is C#Cc1cccc(NC(=O)CNC(=O)C=Cc2ccc(OC)c(S(=O)(=O)NC)c2)c1. The molecule has 156 valence electrons. The van der Waals surface area contributed by atoms with Crippen molar-refractivity contribution in [3.63, 3.8) is 0 Å². The van der Waals surface area contributed by atoms with Crippen LogP contribution in [0.4, 0.5) is 5.69 Å². The first-order valence-corrected chi connectivity index (χ1v) is 10.2. The Bertz CT molecular complexity index is 1120. The van der Waals surface area contributed by atoms with E-state index in [4.69, 9.17) is 11.2 Å². The number of terminal acetylenes is 1. The maximum absolute atomic E-state index is 12.1. The number of amides is 2. The van der Waals surface area contributed by atoms with Crippen LogP contribution in [0.1, 0.15) is 11.1 Å². The molecule has 0 aromatic heterocycles. The van der Waals surface area contributed by atoms with Gasteiger partial charge < -0.3 is 15.4 Å². The van der Waals surface area contributed by atoms with Gasteiger partial charge in [-0.1, -0.05) is 18.1 Å². The molecule has 0 saturated heterocycles. The molecule has 30 heavy (non-hydrogen) atoms. The van der Waals surface area contributed by atoms with Gasteiger partial charge >= 0.3 is 0 Å². The standard InChI is InChI=1S/C21H21N3O5S/c1-4-15-6-5-7-17(12-15)24-21(26)14-23-20(25)11-9-16-8-10-18(29-3)19(13-16)30(27,28)22-2/h1,5-13,22H,14H2,2-3H3,(H,23,25)(H,24,26). The fourth-order valence-electron chi connectivity index (χ4n) is 2.41. The zero-order chi connectivity index (χ0) is 22.1. The maximum atomic E-state index is 12.1. The number of rotatable bonds is 8. The van der Waals surface area contributed by atoms with Gasteiger partial charge in [0.2, 0.25) is 21.8 Å². The summed E-state index contributed by atoms with van der Waals surface area (Å²) in [5.41, 5.74) is 1.62. The molecular formula is C21H21N3O5S. The van der Waals surface area contributed by atoms with Crippen LogP contribution in [0.2, 0.25) is 0 Å². The van der Waals surface area contributed by atoms with E-state index in [2.05, 4.69) is 21.3 Å². The normalized spacial score (nSPS) is 11.0. The average Bonchev–Trinajstić information content (AvgIpc) is 2.76. The number of nitrogens with one attached hydrogen (secondary N) is 3. The number of sulfonamides is 1. The summed E-state index contributed by atoms with van der Waals surface area (Å²) in [4.78, 5) is 23.9. The number of carbonyl (C=O) groups is 2. The van der Waals surface area contributed by atoms with Gasteiger partial charge in [-0.3, -0.25) is 9.59 Å². The minimum atomic E-state index is -3.73. The number of anilines is 1. The fraction of sp³-hybridized carbons (Fsp3) is 0.143. The van der Waals surface area contributed by atoms with E-state index in [0.717, 1.165) is 0 Å². The lowest BCUT2D eigenvalue weighted by Crippen LogP contribution is -2.31. The predicted molar refractivity (Wildman–Crippen MR) is 114 cm³/mol. The first kappa shape index (κ1) is 22.7. The molecule has 0 spiro atoms. The quantitative estimate of drug-likeness (QED) is 0.435. The summed E-state index contributed by atoms with van der Waals surface area (Å²) < 4.78 is 31.5. The third-order valence-corrected chi connectivity index (χ3v) is 5.34. The molecule has 8 nitrogen and oxygen atoms in total. The lowest BCUT2D eigenvalue weighted by atomic mass is 10.2. The van der Waals surface area contributed by atoms with Crippen LogP contribution in [0, 0.1) is 12.3 Å². The van der Waals surface area contributed by atoms with Crippen molar-refractivity contribution < 1.29 is 22.7 Å². The summed E-state index contributed by atoms with van der Waals surface area (Å²) >= 11 is 0. The molecular weight excluding hydrogens is 406 g/mol. The van der Waals surface area contributed by atoms with Gasteiger partial charge in [0.05, 0.1) is 13.7 Å². The molecule has 0 atom stereocenters. The van der Waals surface area contributed by atoms with Crippen LogP contribution in [-0.4, -0.2) is 40.9 Å². The Hall–Kier alpha value is -3.61. The molecule has 0 radical (unpaired) electrons. The minimum absolute atomic E-state index is 0.0522. The third kappa shape index (κ3) is 6.20. The maximum Gasteiger partial charge on any atom is 0.244 e. The smallest absolute Gasteiger partial charge is 0.244 e. The predicted octanol–water partition coefficient (Wildman–Crippen LogP) is 1.35. The number of ether oxygens (including phenoxy) is 1. The van der Waals surface area contributed by atoms with Crippen molar-refractivity contribution in [1.29, 1.82) is 0 Å². The molecule has 3 N–H and O–H groups in total. The lowest BCUT2D eigenvalue weighted by molar-refractivity contribution is -0.121. The van der Waals surface area contributed by atoms with Gasteiger partial charge in [0.25, 0.3) is 0 Å². The van der Waals surface area contributed by atoms with Gasteiger partial charge in [0, 0.05) is 17.3 Å². The topological polar surface area (TPSA) is 114 Å². The van der Waals surface area contributed by atoms with E-state index in [9.17, 15) is 18.0 Å². The van der Waals surface area contributed by atoms with Gasteiger partial charge in [-0.25, -0.2) is 13.1 Å². The summed E-state index contributed by atoms with van der Waals surface area (Å²) in [5, 5.41) is 5.07. The van der Waals surface area contributed by atoms with Gasteiger partial charge in [-0.2, -0.15) is 0 Å². The molecule has 2 aromatic carbocycles. The minimum Gasteiger partial charge on any atom is -0.495 e. The lowest BCUT2D eigenvalue weighted by Gasteiger charge is -2.09. The Balaban J connectivity index is 1.98. The summed E-state index contributed by atoms with van der Waals surface area (Å²) in [5.74, 6) is 1.71. The Morgan fingerprint density at radius 2 is 1.97 bits per heavy atom. The molecule has 0 aliphatic rings. The second-order valence-electron chi connectivity index (χ2n) is 5.94. The second-order valence-corrected chi connectivity index (χ2v) is 7.80. The molecule has 2 amide bonds. The number of methoxy groups -OCH3 is 1. The van der Waals surface area contributed by atoms with Crippen LogP contribution >= 0.6 is 0 Å². The molecule has 2 aromatic rings. The Kier molecular flexibility index (Phi) is 7.75. The van der Waals surface area contributed by atoms with E-state index in [0.29, 0.717) is 16.8 Å². The van der Waals surface area contributed by atoms with E-state index in [1.54, 1.807) is 30.3 Å². The van der Waals surface area contributed by atoms with Crippen molar-refractivity contribution in [1.82, 2.24) is 10.0 Å². The monoisotopic (exact) mass is 427 g/mol.